The fourth-order valence-corrected chi connectivity index (χ4v) is 5.93. The van der Waals surface area contributed by atoms with Crippen molar-refractivity contribution in [2.24, 2.45) is 0 Å². The van der Waals surface area contributed by atoms with E-state index in [1.54, 1.807) is 16.1 Å². The van der Waals surface area contributed by atoms with Crippen molar-refractivity contribution in [1.29, 1.82) is 0 Å². The Kier molecular flexibility index (Phi) is 5.80. The summed E-state index contributed by atoms with van der Waals surface area (Å²) in [5, 5.41) is 1.23. The highest BCUT2D eigenvalue weighted by Gasteiger charge is 2.36. The number of nitrogens with one attached hydrogen (secondary N) is 1. The average molecular weight is 421 g/mol. The van der Waals surface area contributed by atoms with Crippen LogP contribution in [-0.4, -0.2) is 78.9 Å². The van der Waals surface area contributed by atoms with Gasteiger partial charge in [-0.1, -0.05) is 18.2 Å². The van der Waals surface area contributed by atoms with E-state index < -0.39 is 10.2 Å². The number of carbonyl (C=O) groups excluding carboxylic acids is 1. The number of aromatic nitrogens is 1. The summed E-state index contributed by atoms with van der Waals surface area (Å²) in [6.45, 7) is 4.47. The molecule has 1 aromatic heterocycles. The molecule has 1 aromatic carbocycles. The van der Waals surface area contributed by atoms with Crippen LogP contribution in [0.3, 0.4) is 0 Å². The van der Waals surface area contributed by atoms with Crippen LogP contribution in [0.25, 0.3) is 10.9 Å². The molecule has 0 saturated carbocycles. The van der Waals surface area contributed by atoms with Gasteiger partial charge in [0.1, 0.15) is 0 Å². The summed E-state index contributed by atoms with van der Waals surface area (Å²) >= 11 is 0. The fourth-order valence-electron chi connectivity index (χ4n) is 4.31. The maximum Gasteiger partial charge on any atom is 0.409 e. The van der Waals surface area contributed by atoms with Crippen molar-refractivity contribution in [3.8, 4) is 0 Å². The molecule has 1 amide bonds. The van der Waals surface area contributed by atoms with E-state index in [4.69, 9.17) is 4.74 Å². The Morgan fingerprint density at radius 3 is 2.41 bits per heavy atom. The molecule has 8 nitrogen and oxygen atoms in total. The number of rotatable bonds is 4. The van der Waals surface area contributed by atoms with Gasteiger partial charge in [-0.05, 0) is 37.3 Å². The zero-order valence-corrected chi connectivity index (χ0v) is 17.5. The second kappa shape index (κ2) is 8.33. The summed E-state index contributed by atoms with van der Waals surface area (Å²) in [6.07, 6.45) is 3.31. The van der Waals surface area contributed by atoms with Crippen LogP contribution in [0.2, 0.25) is 0 Å². The third-order valence-corrected chi connectivity index (χ3v) is 7.97. The van der Waals surface area contributed by atoms with Crippen molar-refractivity contribution < 1.29 is 17.9 Å². The van der Waals surface area contributed by atoms with Crippen LogP contribution in [-0.2, 0) is 14.9 Å². The number of H-pyrrole nitrogens is 1. The molecular weight excluding hydrogens is 392 g/mol. The Hall–Kier alpha value is -2.10. The van der Waals surface area contributed by atoms with Crippen molar-refractivity contribution in [2.45, 2.75) is 25.7 Å². The Morgan fingerprint density at radius 1 is 1.07 bits per heavy atom. The second-order valence-corrected chi connectivity index (χ2v) is 9.48. The van der Waals surface area contributed by atoms with Crippen LogP contribution in [0, 0.1) is 0 Å². The van der Waals surface area contributed by atoms with E-state index in [9.17, 15) is 13.2 Å². The van der Waals surface area contributed by atoms with Crippen LogP contribution in [0.1, 0.15) is 31.2 Å². The predicted octanol–water partition coefficient (Wildman–Crippen LogP) is 2.37. The molecule has 0 bridgehead atoms. The predicted molar refractivity (Wildman–Crippen MR) is 111 cm³/mol. The number of piperazine rings is 1. The summed E-state index contributed by atoms with van der Waals surface area (Å²) in [7, 11) is -3.50. The number of nitrogens with zero attached hydrogens (tertiary/aromatic N) is 3. The van der Waals surface area contributed by atoms with Crippen molar-refractivity contribution in [3.05, 3.63) is 36.0 Å². The van der Waals surface area contributed by atoms with Gasteiger partial charge in [0.2, 0.25) is 0 Å². The standard InChI is InChI=1S/C20H28N4O4S/c1-2-28-20(25)22-11-13-24(14-12-22)29(26,27)23-9-7-16(8-10-23)18-15-21-19-6-4-3-5-17(18)19/h3-6,15-16,21H,2,7-14H2,1H3. The van der Waals surface area contributed by atoms with E-state index >= 15 is 0 Å². The quantitative estimate of drug-likeness (QED) is 0.823. The first-order chi connectivity index (χ1) is 14.0. The Labute approximate surface area is 171 Å². The van der Waals surface area contributed by atoms with Gasteiger partial charge in [0.15, 0.2) is 0 Å². The van der Waals surface area contributed by atoms with Gasteiger partial charge in [-0.15, -0.1) is 0 Å². The lowest BCUT2D eigenvalue weighted by Crippen LogP contribution is -2.55. The van der Waals surface area contributed by atoms with Crippen molar-refractivity contribution in [2.75, 3.05) is 45.9 Å². The van der Waals surface area contributed by atoms with Gasteiger partial charge in [-0.3, -0.25) is 0 Å². The molecule has 2 aromatic rings. The number of hydrogen-bond donors (Lipinski definition) is 1. The van der Waals surface area contributed by atoms with Crippen LogP contribution >= 0.6 is 0 Å². The molecule has 3 heterocycles. The normalized spacial score (nSPS) is 20.2. The molecule has 29 heavy (non-hydrogen) atoms. The van der Waals surface area contributed by atoms with Gasteiger partial charge in [0, 0.05) is 56.4 Å². The largest absolute Gasteiger partial charge is 0.450 e. The molecule has 2 aliphatic rings. The third kappa shape index (κ3) is 3.99. The zero-order valence-electron chi connectivity index (χ0n) is 16.7. The Morgan fingerprint density at radius 2 is 1.72 bits per heavy atom. The first kappa shape index (κ1) is 20.2. The number of ether oxygens (including phenoxy) is 1. The van der Waals surface area contributed by atoms with E-state index in [1.807, 2.05) is 12.1 Å². The van der Waals surface area contributed by atoms with E-state index in [0.717, 1.165) is 18.4 Å². The zero-order chi connectivity index (χ0) is 20.4. The van der Waals surface area contributed by atoms with Crippen LogP contribution in [0.15, 0.2) is 30.5 Å². The third-order valence-electron chi connectivity index (χ3n) is 5.93. The Bertz CT molecular complexity index is 958. The highest BCUT2D eigenvalue weighted by atomic mass is 32.2. The van der Waals surface area contributed by atoms with Crippen molar-refractivity contribution in [1.82, 2.24) is 18.5 Å². The van der Waals surface area contributed by atoms with Gasteiger partial charge in [0.25, 0.3) is 10.2 Å². The minimum Gasteiger partial charge on any atom is -0.450 e. The van der Waals surface area contributed by atoms with Gasteiger partial charge < -0.3 is 14.6 Å². The van der Waals surface area contributed by atoms with Crippen LogP contribution in [0.4, 0.5) is 4.79 Å². The lowest BCUT2D eigenvalue weighted by molar-refractivity contribution is 0.0922. The minimum absolute atomic E-state index is 0.309. The molecule has 0 spiro atoms. The summed E-state index contributed by atoms with van der Waals surface area (Å²) in [4.78, 5) is 16.7. The van der Waals surface area contributed by atoms with Crippen LogP contribution < -0.4 is 0 Å². The maximum atomic E-state index is 13.1. The fraction of sp³-hybridized carbons (Fsp3) is 0.550. The molecule has 9 heteroatoms. The molecule has 0 aliphatic carbocycles. The maximum absolute atomic E-state index is 13.1. The number of aromatic amines is 1. The molecule has 0 atom stereocenters. The highest BCUT2D eigenvalue weighted by molar-refractivity contribution is 7.86. The molecule has 2 saturated heterocycles. The summed E-state index contributed by atoms with van der Waals surface area (Å²) in [5.74, 6) is 0.360. The Balaban J connectivity index is 1.36. The number of benzene rings is 1. The number of amides is 1. The first-order valence-electron chi connectivity index (χ1n) is 10.2. The molecule has 2 fully saturated rings. The number of fused-ring (bicyclic) bond motifs is 1. The summed E-state index contributed by atoms with van der Waals surface area (Å²) in [6, 6.07) is 8.23. The van der Waals surface area contributed by atoms with E-state index in [1.165, 1.54) is 15.3 Å². The lowest BCUT2D eigenvalue weighted by atomic mass is 9.90. The van der Waals surface area contributed by atoms with Crippen molar-refractivity contribution >= 4 is 27.2 Å². The SMILES string of the molecule is CCOC(=O)N1CCN(S(=O)(=O)N2CCC(c3c[nH]c4ccccc34)CC2)CC1. The number of hydrogen-bond acceptors (Lipinski definition) is 4. The number of carbonyl (C=O) groups is 1. The molecule has 0 radical (unpaired) electrons. The smallest absolute Gasteiger partial charge is 0.409 e. The minimum atomic E-state index is -3.50. The van der Waals surface area contributed by atoms with E-state index in [-0.39, 0.29) is 6.09 Å². The van der Waals surface area contributed by atoms with Gasteiger partial charge in [-0.2, -0.15) is 17.0 Å². The summed E-state index contributed by atoms with van der Waals surface area (Å²) in [5.41, 5.74) is 2.40. The highest BCUT2D eigenvalue weighted by Crippen LogP contribution is 2.34. The number of para-hydroxylation sites is 1. The molecule has 4 rings (SSSR count). The topological polar surface area (TPSA) is 85.9 Å². The molecule has 1 N–H and O–H groups in total. The first-order valence-corrected chi connectivity index (χ1v) is 11.6. The van der Waals surface area contributed by atoms with Gasteiger partial charge in [-0.25, -0.2) is 4.79 Å². The van der Waals surface area contributed by atoms with E-state index in [0.29, 0.717) is 51.8 Å². The van der Waals surface area contributed by atoms with Gasteiger partial charge in [0.05, 0.1) is 6.61 Å². The average Bonchev–Trinajstić information content (AvgIpc) is 3.18. The molecule has 0 unspecified atom stereocenters. The van der Waals surface area contributed by atoms with Gasteiger partial charge >= 0.3 is 6.09 Å². The number of piperidine rings is 1. The lowest BCUT2D eigenvalue weighted by Gasteiger charge is -2.38. The van der Waals surface area contributed by atoms with Crippen LogP contribution in [0.5, 0.6) is 0 Å². The monoisotopic (exact) mass is 420 g/mol. The molecule has 158 valence electrons. The molecular formula is C20H28N4O4S. The second-order valence-electron chi connectivity index (χ2n) is 7.56. The van der Waals surface area contributed by atoms with E-state index in [2.05, 4.69) is 23.3 Å². The molecule has 2 aliphatic heterocycles. The van der Waals surface area contributed by atoms with Crippen molar-refractivity contribution in [3.63, 3.8) is 0 Å². The summed E-state index contributed by atoms with van der Waals surface area (Å²) < 4.78 is 34.2.